The molecule has 5 heteroatoms. The van der Waals surface area contributed by atoms with Gasteiger partial charge in [-0.1, -0.05) is 0 Å². The van der Waals surface area contributed by atoms with Crippen LogP contribution in [0.3, 0.4) is 0 Å². The molecule has 1 N–H and O–H groups in total. The highest BCUT2D eigenvalue weighted by Gasteiger charge is 2.25. The van der Waals surface area contributed by atoms with Gasteiger partial charge in [0.15, 0.2) is 0 Å². The van der Waals surface area contributed by atoms with E-state index >= 15 is 0 Å². The molecular formula is C15H18FNO3. The zero-order valence-corrected chi connectivity index (χ0v) is 11.4. The summed E-state index contributed by atoms with van der Waals surface area (Å²) in [5.74, 6) is -1.25. The molecule has 1 aromatic rings. The molecule has 0 aromatic heterocycles. The molecule has 1 heterocycles. The minimum absolute atomic E-state index is 0.130. The van der Waals surface area contributed by atoms with Gasteiger partial charge in [0.05, 0.1) is 0 Å². The van der Waals surface area contributed by atoms with Gasteiger partial charge in [-0.2, -0.15) is 0 Å². The first-order chi connectivity index (χ1) is 9.45. The molecular weight excluding hydrogens is 261 g/mol. The minimum atomic E-state index is -0.796. The van der Waals surface area contributed by atoms with Gasteiger partial charge >= 0.3 is 5.97 Å². The van der Waals surface area contributed by atoms with Crippen molar-refractivity contribution in [2.45, 2.75) is 26.2 Å². The quantitative estimate of drug-likeness (QED) is 0.924. The molecule has 1 amide bonds. The maximum atomic E-state index is 13.3. The fraction of sp³-hybridized carbons (Fsp3) is 0.467. The lowest BCUT2D eigenvalue weighted by atomic mass is 9.93. The second-order valence-corrected chi connectivity index (χ2v) is 5.35. The number of carbonyl (C=O) groups is 2. The summed E-state index contributed by atoms with van der Waals surface area (Å²) in [6, 6.07) is 4.31. The third-order valence-electron chi connectivity index (χ3n) is 3.65. The topological polar surface area (TPSA) is 57.6 Å². The first-order valence-electron chi connectivity index (χ1n) is 6.74. The standard InChI is InChI=1S/C15H18FNO3/c1-10-6-12(9-13(16)7-10)15(20)17-4-2-11(3-5-17)8-14(18)19/h6-7,9,11H,2-5,8H2,1H3,(H,18,19). The minimum Gasteiger partial charge on any atom is -0.481 e. The van der Waals surface area contributed by atoms with Crippen molar-refractivity contribution in [1.29, 1.82) is 0 Å². The molecule has 0 saturated carbocycles. The highest BCUT2D eigenvalue weighted by Crippen LogP contribution is 2.22. The Labute approximate surface area is 117 Å². The fourth-order valence-electron chi connectivity index (χ4n) is 2.63. The van der Waals surface area contributed by atoms with E-state index in [1.54, 1.807) is 17.9 Å². The number of benzene rings is 1. The number of carboxylic acids is 1. The lowest BCUT2D eigenvalue weighted by Gasteiger charge is -2.31. The van der Waals surface area contributed by atoms with Gasteiger partial charge in [0.25, 0.3) is 5.91 Å². The SMILES string of the molecule is Cc1cc(F)cc(C(=O)N2CCC(CC(=O)O)CC2)c1. The molecule has 1 saturated heterocycles. The second kappa shape index (κ2) is 6.03. The van der Waals surface area contributed by atoms with E-state index in [0.29, 0.717) is 37.1 Å². The largest absolute Gasteiger partial charge is 0.481 e. The Morgan fingerprint density at radius 1 is 1.30 bits per heavy atom. The van der Waals surface area contributed by atoms with E-state index in [1.165, 1.54) is 12.1 Å². The van der Waals surface area contributed by atoms with E-state index in [1.807, 2.05) is 0 Å². The number of rotatable bonds is 3. The molecule has 1 fully saturated rings. The van der Waals surface area contributed by atoms with Crippen LogP contribution in [0.2, 0.25) is 0 Å². The number of amides is 1. The Balaban J connectivity index is 1.99. The van der Waals surface area contributed by atoms with Gasteiger partial charge < -0.3 is 10.0 Å². The molecule has 0 aliphatic carbocycles. The Morgan fingerprint density at radius 3 is 2.50 bits per heavy atom. The normalized spacial score (nSPS) is 16.2. The van der Waals surface area contributed by atoms with Crippen molar-refractivity contribution in [2.75, 3.05) is 13.1 Å². The predicted octanol–water partition coefficient (Wildman–Crippen LogP) is 2.46. The lowest BCUT2D eigenvalue weighted by molar-refractivity contribution is -0.138. The number of carbonyl (C=O) groups excluding carboxylic acids is 1. The molecule has 2 rings (SSSR count). The van der Waals surface area contributed by atoms with Crippen LogP contribution in [0.4, 0.5) is 4.39 Å². The van der Waals surface area contributed by atoms with Crippen LogP contribution >= 0.6 is 0 Å². The smallest absolute Gasteiger partial charge is 0.303 e. The summed E-state index contributed by atoms with van der Waals surface area (Å²) in [5, 5.41) is 8.76. The number of piperidine rings is 1. The number of carboxylic acid groups (broad SMARTS) is 1. The molecule has 108 valence electrons. The Hall–Kier alpha value is -1.91. The molecule has 1 aliphatic rings. The van der Waals surface area contributed by atoms with Gasteiger partial charge in [-0.15, -0.1) is 0 Å². The summed E-state index contributed by atoms with van der Waals surface area (Å²) >= 11 is 0. The summed E-state index contributed by atoms with van der Waals surface area (Å²) in [7, 11) is 0. The van der Waals surface area contributed by atoms with Crippen LogP contribution in [0.5, 0.6) is 0 Å². The number of hydrogen-bond donors (Lipinski definition) is 1. The third kappa shape index (κ3) is 3.56. The highest BCUT2D eigenvalue weighted by atomic mass is 19.1. The van der Waals surface area contributed by atoms with Crippen LogP contribution in [0.1, 0.15) is 35.2 Å². The van der Waals surface area contributed by atoms with Crippen molar-refractivity contribution in [2.24, 2.45) is 5.92 Å². The first-order valence-corrected chi connectivity index (χ1v) is 6.74. The zero-order chi connectivity index (χ0) is 14.7. The summed E-state index contributed by atoms with van der Waals surface area (Å²) in [5.41, 5.74) is 1.08. The number of hydrogen-bond acceptors (Lipinski definition) is 2. The van der Waals surface area contributed by atoms with Crippen molar-refractivity contribution in [3.63, 3.8) is 0 Å². The van der Waals surface area contributed by atoms with Gasteiger partial charge in [0.2, 0.25) is 0 Å². The van der Waals surface area contributed by atoms with Crippen LogP contribution in [0.15, 0.2) is 18.2 Å². The average molecular weight is 279 g/mol. The van der Waals surface area contributed by atoms with Crippen molar-refractivity contribution in [3.8, 4) is 0 Å². The molecule has 0 spiro atoms. The van der Waals surface area contributed by atoms with Crippen LogP contribution in [-0.4, -0.2) is 35.0 Å². The number of halogens is 1. The van der Waals surface area contributed by atoms with Gasteiger partial charge in [-0.3, -0.25) is 9.59 Å². The van der Waals surface area contributed by atoms with Crippen LogP contribution in [-0.2, 0) is 4.79 Å². The number of aryl methyl sites for hydroxylation is 1. The van der Waals surface area contributed by atoms with Crippen molar-refractivity contribution in [1.82, 2.24) is 4.90 Å². The van der Waals surface area contributed by atoms with E-state index in [9.17, 15) is 14.0 Å². The van der Waals surface area contributed by atoms with Gasteiger partial charge in [0, 0.05) is 25.1 Å². The van der Waals surface area contributed by atoms with Crippen LogP contribution < -0.4 is 0 Å². The summed E-state index contributed by atoms with van der Waals surface area (Å²) in [6.45, 7) is 2.82. The highest BCUT2D eigenvalue weighted by molar-refractivity contribution is 5.94. The molecule has 0 unspecified atom stereocenters. The van der Waals surface area contributed by atoms with Gasteiger partial charge in [-0.25, -0.2) is 4.39 Å². The third-order valence-corrected chi connectivity index (χ3v) is 3.65. The Morgan fingerprint density at radius 2 is 1.95 bits per heavy atom. The van der Waals surface area contributed by atoms with E-state index in [2.05, 4.69) is 0 Å². The average Bonchev–Trinajstić information content (AvgIpc) is 2.37. The number of likely N-dealkylation sites (tertiary alicyclic amines) is 1. The van der Waals surface area contributed by atoms with E-state index in [-0.39, 0.29) is 18.2 Å². The van der Waals surface area contributed by atoms with E-state index < -0.39 is 11.8 Å². The fourth-order valence-corrected chi connectivity index (χ4v) is 2.63. The van der Waals surface area contributed by atoms with Crippen molar-refractivity contribution < 1.29 is 19.1 Å². The van der Waals surface area contributed by atoms with Gasteiger partial charge in [0.1, 0.15) is 5.82 Å². The van der Waals surface area contributed by atoms with Crippen LogP contribution in [0.25, 0.3) is 0 Å². The lowest BCUT2D eigenvalue weighted by Crippen LogP contribution is -2.39. The van der Waals surface area contributed by atoms with E-state index in [0.717, 1.165) is 0 Å². The molecule has 0 radical (unpaired) electrons. The summed E-state index contributed by atoms with van der Waals surface area (Å²) in [4.78, 5) is 24.6. The zero-order valence-electron chi connectivity index (χ0n) is 11.4. The first kappa shape index (κ1) is 14.5. The molecule has 0 bridgehead atoms. The molecule has 1 aromatic carbocycles. The Kier molecular flexibility index (Phi) is 4.37. The molecule has 1 aliphatic heterocycles. The predicted molar refractivity (Wildman–Crippen MR) is 72.0 cm³/mol. The van der Waals surface area contributed by atoms with Gasteiger partial charge in [-0.05, 0) is 49.4 Å². The van der Waals surface area contributed by atoms with Crippen molar-refractivity contribution in [3.05, 3.63) is 35.1 Å². The molecule has 4 nitrogen and oxygen atoms in total. The maximum absolute atomic E-state index is 13.3. The summed E-state index contributed by atoms with van der Waals surface area (Å²) < 4.78 is 13.3. The molecule has 0 atom stereocenters. The number of nitrogens with zero attached hydrogens (tertiary/aromatic N) is 1. The van der Waals surface area contributed by atoms with Crippen molar-refractivity contribution >= 4 is 11.9 Å². The monoisotopic (exact) mass is 279 g/mol. The second-order valence-electron chi connectivity index (χ2n) is 5.35. The number of aliphatic carboxylic acids is 1. The molecule has 20 heavy (non-hydrogen) atoms. The van der Waals surface area contributed by atoms with Crippen LogP contribution in [0, 0.1) is 18.7 Å². The summed E-state index contributed by atoms with van der Waals surface area (Å²) in [6.07, 6.45) is 1.53. The van der Waals surface area contributed by atoms with E-state index in [4.69, 9.17) is 5.11 Å². The Bertz CT molecular complexity index is 502. The maximum Gasteiger partial charge on any atom is 0.303 e.